The molecule has 0 atom stereocenters. The molecule has 0 saturated carbocycles. The molecule has 0 aromatic rings. The smallest absolute Gasteiger partial charge is 0.335 e. The lowest BCUT2D eigenvalue weighted by Crippen LogP contribution is -2.15. The van der Waals surface area contributed by atoms with Gasteiger partial charge in [-0.3, -0.25) is 0 Å². The first-order valence-corrected chi connectivity index (χ1v) is 3.55. The Morgan fingerprint density at radius 2 is 1.91 bits per heavy atom. The second-order valence-electron chi connectivity index (χ2n) is 2.74. The van der Waals surface area contributed by atoms with Crippen molar-refractivity contribution in [1.29, 1.82) is 0 Å². The van der Waals surface area contributed by atoms with E-state index in [4.69, 9.17) is 5.73 Å². The predicted molar refractivity (Wildman–Crippen MR) is 43.7 cm³/mol. The van der Waals surface area contributed by atoms with E-state index in [9.17, 15) is 4.79 Å². The van der Waals surface area contributed by atoms with E-state index in [0.717, 1.165) is 0 Å². The van der Waals surface area contributed by atoms with Gasteiger partial charge in [0, 0.05) is 5.70 Å². The summed E-state index contributed by atoms with van der Waals surface area (Å²) < 4.78 is 4.56. The van der Waals surface area contributed by atoms with Gasteiger partial charge in [-0.15, -0.1) is 0 Å². The first-order chi connectivity index (χ1) is 5.00. The maximum Gasteiger partial charge on any atom is 0.335 e. The molecule has 0 bridgehead atoms. The lowest BCUT2D eigenvalue weighted by atomic mass is 10.0. The highest BCUT2D eigenvalue weighted by molar-refractivity contribution is 5.89. The molecule has 0 unspecified atom stereocenters. The number of nitrogens with two attached hydrogens (primary N) is 1. The summed E-state index contributed by atoms with van der Waals surface area (Å²) in [6.07, 6.45) is 0. The molecule has 2 N–H and O–H groups in total. The molecule has 0 aliphatic rings. The van der Waals surface area contributed by atoms with E-state index >= 15 is 0 Å². The summed E-state index contributed by atoms with van der Waals surface area (Å²) in [4.78, 5) is 11.0. The highest BCUT2D eigenvalue weighted by Gasteiger charge is 2.15. The Morgan fingerprint density at radius 1 is 1.45 bits per heavy atom. The van der Waals surface area contributed by atoms with Gasteiger partial charge < -0.3 is 10.5 Å². The molecule has 0 saturated heterocycles. The van der Waals surface area contributed by atoms with Crippen LogP contribution in [0.4, 0.5) is 0 Å². The minimum absolute atomic E-state index is 0.118. The molecule has 0 fully saturated rings. The number of hydrogen-bond acceptors (Lipinski definition) is 3. The molecule has 0 spiro atoms. The van der Waals surface area contributed by atoms with E-state index in [2.05, 4.69) is 4.74 Å². The number of esters is 1. The first kappa shape index (κ1) is 10.0. The first-order valence-electron chi connectivity index (χ1n) is 3.55. The molecule has 0 radical (unpaired) electrons. The Bertz CT molecular complexity index is 179. The summed E-state index contributed by atoms with van der Waals surface area (Å²) in [5, 5.41) is 0. The average Bonchev–Trinajstić information content (AvgIpc) is 1.85. The number of carbonyl (C=O) groups is 1. The largest absolute Gasteiger partial charge is 0.466 e. The van der Waals surface area contributed by atoms with Crippen LogP contribution in [0.1, 0.15) is 20.8 Å². The molecular formula is C8H15NO2. The normalized spacial score (nSPS) is 12.8. The minimum atomic E-state index is -0.333. The van der Waals surface area contributed by atoms with Crippen LogP contribution in [-0.2, 0) is 9.53 Å². The summed E-state index contributed by atoms with van der Waals surface area (Å²) in [7, 11) is 1.35. The van der Waals surface area contributed by atoms with Crippen molar-refractivity contribution in [2.24, 2.45) is 11.7 Å². The summed E-state index contributed by atoms with van der Waals surface area (Å²) in [6.45, 7) is 5.51. The van der Waals surface area contributed by atoms with Gasteiger partial charge >= 0.3 is 5.97 Å². The molecule has 64 valence electrons. The van der Waals surface area contributed by atoms with Crippen molar-refractivity contribution in [2.75, 3.05) is 7.11 Å². The number of methoxy groups -OCH3 is 1. The van der Waals surface area contributed by atoms with Crippen LogP contribution in [0.3, 0.4) is 0 Å². The van der Waals surface area contributed by atoms with Gasteiger partial charge in [-0.2, -0.15) is 0 Å². The lowest BCUT2D eigenvalue weighted by Gasteiger charge is -2.09. The van der Waals surface area contributed by atoms with Gasteiger partial charge in [-0.25, -0.2) is 4.79 Å². The van der Waals surface area contributed by atoms with Crippen molar-refractivity contribution in [1.82, 2.24) is 0 Å². The van der Waals surface area contributed by atoms with Crippen molar-refractivity contribution in [2.45, 2.75) is 20.8 Å². The van der Waals surface area contributed by atoms with Gasteiger partial charge in [-0.05, 0) is 12.8 Å². The van der Waals surface area contributed by atoms with Crippen LogP contribution in [-0.4, -0.2) is 13.1 Å². The van der Waals surface area contributed by atoms with Crippen molar-refractivity contribution in [3.63, 3.8) is 0 Å². The molecule has 3 heteroatoms. The average molecular weight is 157 g/mol. The second-order valence-corrected chi connectivity index (χ2v) is 2.74. The third-order valence-corrected chi connectivity index (χ3v) is 1.41. The number of carbonyl (C=O) groups excluding carboxylic acids is 1. The maximum absolute atomic E-state index is 11.0. The van der Waals surface area contributed by atoms with Gasteiger partial charge in [-0.1, -0.05) is 13.8 Å². The van der Waals surface area contributed by atoms with Crippen molar-refractivity contribution in [3.8, 4) is 0 Å². The molecule has 0 aromatic carbocycles. The van der Waals surface area contributed by atoms with E-state index < -0.39 is 0 Å². The molecule has 0 aromatic heterocycles. The molecule has 0 amide bonds. The maximum atomic E-state index is 11.0. The van der Waals surface area contributed by atoms with Gasteiger partial charge in [0.15, 0.2) is 0 Å². The fourth-order valence-corrected chi connectivity index (χ4v) is 0.962. The Kier molecular flexibility index (Phi) is 3.65. The van der Waals surface area contributed by atoms with Crippen LogP contribution in [0.15, 0.2) is 11.3 Å². The number of allylic oxidation sites excluding steroid dienone is 1. The zero-order valence-electron chi connectivity index (χ0n) is 7.47. The van der Waals surface area contributed by atoms with E-state index in [0.29, 0.717) is 11.3 Å². The molecular weight excluding hydrogens is 142 g/mol. The van der Waals surface area contributed by atoms with Gasteiger partial charge in [0.2, 0.25) is 0 Å². The standard InChI is InChI=1S/C8H15NO2/c1-5(2)7(6(3)9)8(10)11-4/h5H,9H2,1-4H3. The molecule has 0 aliphatic heterocycles. The highest BCUT2D eigenvalue weighted by atomic mass is 16.5. The van der Waals surface area contributed by atoms with Crippen LogP contribution in [0.5, 0.6) is 0 Å². The quantitative estimate of drug-likeness (QED) is 0.481. The van der Waals surface area contributed by atoms with E-state index in [1.165, 1.54) is 7.11 Å². The van der Waals surface area contributed by atoms with Crippen molar-refractivity contribution in [3.05, 3.63) is 11.3 Å². The second kappa shape index (κ2) is 4.01. The summed E-state index contributed by atoms with van der Waals surface area (Å²) >= 11 is 0. The van der Waals surface area contributed by atoms with Crippen LogP contribution in [0.25, 0.3) is 0 Å². The van der Waals surface area contributed by atoms with Gasteiger partial charge in [0.25, 0.3) is 0 Å². The van der Waals surface area contributed by atoms with E-state index in [1.54, 1.807) is 6.92 Å². The SMILES string of the molecule is COC(=O)C(=C(C)N)C(C)C. The Morgan fingerprint density at radius 3 is 2.00 bits per heavy atom. The molecule has 11 heavy (non-hydrogen) atoms. The highest BCUT2D eigenvalue weighted by Crippen LogP contribution is 2.12. The number of ether oxygens (including phenoxy) is 1. The van der Waals surface area contributed by atoms with Crippen LogP contribution >= 0.6 is 0 Å². The zero-order chi connectivity index (χ0) is 9.02. The fourth-order valence-electron chi connectivity index (χ4n) is 0.962. The Hall–Kier alpha value is -0.990. The molecule has 0 rings (SSSR count). The fraction of sp³-hybridized carbons (Fsp3) is 0.625. The van der Waals surface area contributed by atoms with Crippen LogP contribution in [0, 0.1) is 5.92 Å². The monoisotopic (exact) mass is 157 g/mol. The topological polar surface area (TPSA) is 52.3 Å². The third-order valence-electron chi connectivity index (χ3n) is 1.41. The van der Waals surface area contributed by atoms with Gasteiger partial charge in [0.05, 0.1) is 12.7 Å². The van der Waals surface area contributed by atoms with E-state index in [-0.39, 0.29) is 11.9 Å². The molecule has 0 heterocycles. The summed E-state index contributed by atoms with van der Waals surface area (Å²) in [6, 6.07) is 0. The van der Waals surface area contributed by atoms with Crippen molar-refractivity contribution < 1.29 is 9.53 Å². The predicted octanol–water partition coefficient (Wildman–Crippen LogP) is 1.05. The molecule has 3 nitrogen and oxygen atoms in total. The van der Waals surface area contributed by atoms with Crippen molar-refractivity contribution >= 4 is 5.97 Å². The lowest BCUT2D eigenvalue weighted by molar-refractivity contribution is -0.136. The minimum Gasteiger partial charge on any atom is -0.466 e. The number of rotatable bonds is 2. The Balaban J connectivity index is 4.64. The van der Waals surface area contributed by atoms with Crippen LogP contribution < -0.4 is 5.73 Å². The Labute approximate surface area is 67.2 Å². The molecule has 0 aliphatic carbocycles. The third kappa shape index (κ3) is 2.62. The van der Waals surface area contributed by atoms with Gasteiger partial charge in [0.1, 0.15) is 0 Å². The summed E-state index contributed by atoms with van der Waals surface area (Å²) in [5.41, 5.74) is 6.59. The van der Waals surface area contributed by atoms with E-state index in [1.807, 2.05) is 13.8 Å². The number of hydrogen-bond donors (Lipinski definition) is 1. The zero-order valence-corrected chi connectivity index (χ0v) is 7.47. The van der Waals surface area contributed by atoms with Crippen LogP contribution in [0.2, 0.25) is 0 Å². The summed E-state index contributed by atoms with van der Waals surface area (Å²) in [5.74, 6) is -0.215.